The Bertz CT molecular complexity index is 152. The van der Waals surface area contributed by atoms with Gasteiger partial charge in [0, 0.05) is 0 Å². The number of halogens is 6. The van der Waals surface area contributed by atoms with E-state index in [0.29, 0.717) is 6.54 Å². The molecule has 0 aromatic carbocycles. The standard InChI is InChI=1S/C6H10F5NO.ClH/c1-2-12-3-4-13-6(10,11)5(7,8)9;/h12H,2-4H2,1H3;1H. The predicted octanol–water partition coefficient (Wildman–Crippen LogP) is -2.25. The van der Waals surface area contributed by atoms with Gasteiger partial charge in [0.15, 0.2) is 0 Å². The lowest BCUT2D eigenvalue weighted by molar-refractivity contribution is -0.655. The zero-order valence-corrected chi connectivity index (χ0v) is 8.13. The van der Waals surface area contributed by atoms with Crippen LogP contribution in [0.15, 0.2) is 0 Å². The van der Waals surface area contributed by atoms with Crippen LogP contribution in [0, 0.1) is 0 Å². The Labute approximate surface area is 84.2 Å². The number of alkyl halides is 5. The Morgan fingerprint density at radius 3 is 2.00 bits per heavy atom. The van der Waals surface area contributed by atoms with Crippen molar-refractivity contribution in [3.63, 3.8) is 0 Å². The van der Waals surface area contributed by atoms with Crippen LogP contribution in [0.4, 0.5) is 22.0 Å². The second kappa shape index (κ2) is 6.36. The van der Waals surface area contributed by atoms with Crippen molar-refractivity contribution in [2.75, 3.05) is 19.7 Å². The summed E-state index contributed by atoms with van der Waals surface area (Å²) in [5.74, 6) is 0. The number of ether oxygens (including phenoxy) is 1. The largest absolute Gasteiger partial charge is 1.00 e. The number of likely N-dealkylation sites (N-methyl/N-ethyl adjacent to an activating group) is 1. The maximum atomic E-state index is 12.0. The van der Waals surface area contributed by atoms with Crippen molar-refractivity contribution in [3.05, 3.63) is 0 Å². The fourth-order valence-corrected chi connectivity index (χ4v) is 0.556. The van der Waals surface area contributed by atoms with Crippen LogP contribution in [0.2, 0.25) is 0 Å². The van der Waals surface area contributed by atoms with Crippen LogP contribution in [0.1, 0.15) is 6.92 Å². The highest BCUT2D eigenvalue weighted by molar-refractivity contribution is 4.63. The Morgan fingerprint density at radius 1 is 1.14 bits per heavy atom. The molecule has 0 aromatic rings. The monoisotopic (exact) mass is 243 g/mol. The first-order chi connectivity index (χ1) is 5.81. The van der Waals surface area contributed by atoms with Gasteiger partial charge >= 0.3 is 12.3 Å². The molecule has 0 rings (SSSR count). The summed E-state index contributed by atoms with van der Waals surface area (Å²) in [5, 5.41) is 1.56. The van der Waals surface area contributed by atoms with E-state index >= 15 is 0 Å². The van der Waals surface area contributed by atoms with Crippen LogP contribution in [-0.4, -0.2) is 32.0 Å². The molecule has 0 saturated heterocycles. The zero-order chi connectivity index (χ0) is 10.5. The summed E-state index contributed by atoms with van der Waals surface area (Å²) in [5.41, 5.74) is 0. The van der Waals surface area contributed by atoms with Gasteiger partial charge in [-0.3, -0.25) is 0 Å². The number of hydrogen-bond acceptors (Lipinski definition) is 1. The van der Waals surface area contributed by atoms with E-state index in [4.69, 9.17) is 0 Å². The van der Waals surface area contributed by atoms with Gasteiger partial charge in [0.25, 0.3) is 0 Å². The molecule has 0 saturated carbocycles. The van der Waals surface area contributed by atoms with Crippen LogP contribution < -0.4 is 17.7 Å². The van der Waals surface area contributed by atoms with E-state index in [0.717, 1.165) is 0 Å². The van der Waals surface area contributed by atoms with Gasteiger partial charge in [-0.15, -0.1) is 0 Å². The van der Waals surface area contributed by atoms with Gasteiger partial charge in [-0.05, 0) is 6.92 Å². The maximum Gasteiger partial charge on any atom is 0.482 e. The number of nitrogens with two attached hydrogens (primary N) is 1. The van der Waals surface area contributed by atoms with Crippen molar-refractivity contribution in [1.82, 2.24) is 0 Å². The second-order valence-electron chi connectivity index (χ2n) is 2.35. The van der Waals surface area contributed by atoms with Gasteiger partial charge in [0.1, 0.15) is 6.61 Å². The average molecular weight is 244 g/mol. The molecule has 0 atom stereocenters. The third-order valence-electron chi connectivity index (χ3n) is 1.22. The Morgan fingerprint density at radius 2 is 1.64 bits per heavy atom. The molecule has 8 heteroatoms. The molecule has 0 fully saturated rings. The summed E-state index contributed by atoms with van der Waals surface area (Å²) >= 11 is 0. The van der Waals surface area contributed by atoms with Crippen molar-refractivity contribution in [2.45, 2.75) is 19.2 Å². The molecule has 0 unspecified atom stereocenters. The molecule has 0 bridgehead atoms. The minimum Gasteiger partial charge on any atom is -1.00 e. The Balaban J connectivity index is 0. The molecule has 88 valence electrons. The van der Waals surface area contributed by atoms with Gasteiger partial charge in [-0.25, -0.2) is 0 Å². The number of hydrogen-bond donors (Lipinski definition) is 1. The Hall–Kier alpha value is -0.140. The van der Waals surface area contributed by atoms with Crippen molar-refractivity contribution >= 4 is 0 Å². The van der Waals surface area contributed by atoms with Crippen molar-refractivity contribution in [3.8, 4) is 0 Å². The molecule has 0 aliphatic carbocycles. The van der Waals surface area contributed by atoms with E-state index in [1.165, 1.54) is 0 Å². The van der Waals surface area contributed by atoms with Gasteiger partial charge in [0.05, 0.1) is 13.1 Å². The molecule has 0 aromatic heterocycles. The highest BCUT2D eigenvalue weighted by Gasteiger charge is 2.59. The van der Waals surface area contributed by atoms with Crippen LogP contribution in [0.3, 0.4) is 0 Å². The highest BCUT2D eigenvalue weighted by atomic mass is 35.5. The first-order valence-corrected chi connectivity index (χ1v) is 3.71. The molecule has 0 radical (unpaired) electrons. The van der Waals surface area contributed by atoms with E-state index in [1.54, 1.807) is 12.2 Å². The Kier molecular flexibility index (Phi) is 7.41. The summed E-state index contributed by atoms with van der Waals surface area (Å²) in [6.45, 7) is 1.82. The molecule has 0 spiro atoms. The molecule has 14 heavy (non-hydrogen) atoms. The van der Waals surface area contributed by atoms with Crippen LogP contribution in [0.25, 0.3) is 0 Å². The van der Waals surface area contributed by atoms with Crippen LogP contribution >= 0.6 is 0 Å². The summed E-state index contributed by atoms with van der Waals surface area (Å²) < 4.78 is 61.8. The second-order valence-corrected chi connectivity index (χ2v) is 2.35. The lowest BCUT2D eigenvalue weighted by Crippen LogP contribution is -3.00. The van der Waals surface area contributed by atoms with Gasteiger partial charge in [0.2, 0.25) is 0 Å². The molecule has 0 aliphatic rings. The van der Waals surface area contributed by atoms with Crippen molar-refractivity contribution in [2.24, 2.45) is 0 Å². The highest BCUT2D eigenvalue weighted by Crippen LogP contribution is 2.35. The molecular formula is C6H11ClF5NO. The minimum atomic E-state index is -5.63. The van der Waals surface area contributed by atoms with E-state index in [9.17, 15) is 22.0 Å². The quantitative estimate of drug-likeness (QED) is 0.428. The summed E-state index contributed by atoms with van der Waals surface area (Å²) in [6.07, 6.45) is -10.7. The summed E-state index contributed by atoms with van der Waals surface area (Å²) in [4.78, 5) is 0. The molecule has 0 amide bonds. The summed E-state index contributed by atoms with van der Waals surface area (Å²) in [7, 11) is 0. The fraction of sp³-hybridized carbons (Fsp3) is 1.00. The number of quaternary nitrogens is 1. The lowest BCUT2D eigenvalue weighted by atomic mass is 10.6. The number of rotatable bonds is 5. The molecule has 2 N–H and O–H groups in total. The van der Waals surface area contributed by atoms with E-state index in [1.807, 2.05) is 0 Å². The third kappa shape index (κ3) is 5.56. The molecule has 0 aliphatic heterocycles. The lowest BCUT2D eigenvalue weighted by Gasteiger charge is -2.18. The first-order valence-electron chi connectivity index (χ1n) is 3.71. The van der Waals surface area contributed by atoms with Crippen molar-refractivity contribution < 1.29 is 44.4 Å². The SMILES string of the molecule is CC[NH2+]CCOC(F)(F)C(F)(F)F.[Cl-]. The predicted molar refractivity (Wildman–Crippen MR) is 34.3 cm³/mol. The average Bonchev–Trinajstić information content (AvgIpc) is 1.96. The van der Waals surface area contributed by atoms with E-state index in [-0.39, 0.29) is 19.0 Å². The molecule has 0 heterocycles. The zero-order valence-electron chi connectivity index (χ0n) is 7.37. The topological polar surface area (TPSA) is 25.8 Å². The third-order valence-corrected chi connectivity index (χ3v) is 1.22. The molecule has 2 nitrogen and oxygen atoms in total. The van der Waals surface area contributed by atoms with Gasteiger partial charge in [-0.1, -0.05) is 0 Å². The van der Waals surface area contributed by atoms with Gasteiger partial charge < -0.3 is 22.5 Å². The minimum absolute atomic E-state index is 0. The summed E-state index contributed by atoms with van der Waals surface area (Å²) in [6, 6.07) is 0. The maximum absolute atomic E-state index is 12.0. The van der Waals surface area contributed by atoms with Crippen molar-refractivity contribution in [1.29, 1.82) is 0 Å². The van der Waals surface area contributed by atoms with Crippen LogP contribution in [0.5, 0.6) is 0 Å². The van der Waals surface area contributed by atoms with E-state index in [2.05, 4.69) is 4.74 Å². The van der Waals surface area contributed by atoms with Crippen LogP contribution in [-0.2, 0) is 4.74 Å². The fourth-order valence-electron chi connectivity index (χ4n) is 0.556. The smallest absolute Gasteiger partial charge is 0.482 e. The normalized spacial score (nSPS) is 12.4. The van der Waals surface area contributed by atoms with Gasteiger partial charge in [-0.2, -0.15) is 22.0 Å². The molecular weight excluding hydrogens is 233 g/mol. The van der Waals surface area contributed by atoms with E-state index < -0.39 is 18.9 Å². The first kappa shape index (κ1) is 16.3.